The molecule has 1 N–H and O–H groups in total. The minimum absolute atomic E-state index is 0.312. The first kappa shape index (κ1) is 22.8. The lowest BCUT2D eigenvalue weighted by atomic mass is 9.69. The maximum Gasteiger partial charge on any atom is 0.494 e. The number of carbonyl (C=O) groups excluding carboxylic acids is 1. The zero-order chi connectivity index (χ0) is 24.2. The molecule has 7 aliphatic rings. The molecule has 6 fully saturated rings. The molecule has 35 heavy (non-hydrogen) atoms. The van der Waals surface area contributed by atoms with Crippen molar-refractivity contribution in [2.45, 2.75) is 94.9 Å². The van der Waals surface area contributed by atoms with Crippen molar-refractivity contribution >= 4 is 24.2 Å². The Bertz CT molecular complexity index is 1010. The van der Waals surface area contributed by atoms with E-state index in [1.165, 1.54) is 31.5 Å². The topological polar surface area (TPSA) is 54.0 Å². The number of anilines is 1. The molecule has 188 valence electrons. The van der Waals surface area contributed by atoms with E-state index < -0.39 is 7.12 Å². The Labute approximate surface area is 210 Å². The van der Waals surface area contributed by atoms with Crippen molar-refractivity contribution < 1.29 is 14.1 Å². The van der Waals surface area contributed by atoms with E-state index in [2.05, 4.69) is 61.0 Å². The van der Waals surface area contributed by atoms with Gasteiger partial charge in [-0.2, -0.15) is 0 Å². The highest BCUT2D eigenvalue weighted by Gasteiger charge is 2.57. The molecule has 5 aliphatic heterocycles. The van der Waals surface area contributed by atoms with Gasteiger partial charge in [0.25, 0.3) is 0 Å². The van der Waals surface area contributed by atoms with Crippen LogP contribution in [0.3, 0.4) is 0 Å². The Kier molecular flexibility index (Phi) is 4.92. The largest absolute Gasteiger partial charge is 0.494 e. The number of amides is 1. The monoisotopic (exact) mass is 477 g/mol. The van der Waals surface area contributed by atoms with Crippen LogP contribution >= 0.6 is 0 Å². The lowest BCUT2D eigenvalue weighted by Crippen LogP contribution is -2.61. The van der Waals surface area contributed by atoms with Gasteiger partial charge in [-0.1, -0.05) is 12.1 Å². The van der Waals surface area contributed by atoms with Crippen LogP contribution in [0.15, 0.2) is 18.2 Å². The van der Waals surface area contributed by atoms with E-state index in [1.807, 2.05) is 0 Å². The van der Waals surface area contributed by atoms with Gasteiger partial charge in [0.15, 0.2) is 0 Å². The summed E-state index contributed by atoms with van der Waals surface area (Å²) in [5.41, 5.74) is 2.25. The van der Waals surface area contributed by atoms with Crippen LogP contribution in [0.5, 0.6) is 0 Å². The van der Waals surface area contributed by atoms with Crippen LogP contribution in [0, 0.1) is 11.8 Å². The Balaban J connectivity index is 1.18. The van der Waals surface area contributed by atoms with Gasteiger partial charge >= 0.3 is 7.12 Å². The molecule has 2 aliphatic carbocycles. The number of nitrogens with one attached hydrogen (secondary N) is 1. The maximum atomic E-state index is 14.2. The van der Waals surface area contributed by atoms with E-state index in [0.717, 1.165) is 61.8 Å². The molecule has 1 amide bonds. The predicted molar refractivity (Wildman–Crippen MR) is 138 cm³/mol. The van der Waals surface area contributed by atoms with Gasteiger partial charge in [0.2, 0.25) is 5.91 Å². The number of piperidine rings is 3. The van der Waals surface area contributed by atoms with Crippen molar-refractivity contribution in [3.8, 4) is 0 Å². The summed E-state index contributed by atoms with van der Waals surface area (Å²) in [5.74, 6) is 2.20. The second-order valence-corrected chi connectivity index (χ2v) is 13.3. The van der Waals surface area contributed by atoms with Crippen molar-refractivity contribution in [2.75, 3.05) is 31.1 Å². The molecule has 8 rings (SSSR count). The SMILES string of the molecule is CC1(C)OB(c2ccc3c(c2)N([C@H]2C[C@@H](N4CC5CC(C5)C4)C2)C(=O)C32CCNCC2)OC1(C)C. The van der Waals surface area contributed by atoms with Gasteiger partial charge in [-0.3, -0.25) is 9.69 Å². The molecule has 2 bridgehead atoms. The molecule has 2 saturated carbocycles. The second kappa shape index (κ2) is 7.56. The van der Waals surface area contributed by atoms with Crippen molar-refractivity contribution in [1.29, 1.82) is 0 Å². The van der Waals surface area contributed by atoms with Crippen molar-refractivity contribution in [3.63, 3.8) is 0 Å². The molecule has 6 nitrogen and oxygen atoms in total. The summed E-state index contributed by atoms with van der Waals surface area (Å²) >= 11 is 0. The summed E-state index contributed by atoms with van der Waals surface area (Å²) in [7, 11) is -0.402. The highest BCUT2D eigenvalue weighted by molar-refractivity contribution is 6.62. The van der Waals surface area contributed by atoms with Gasteiger partial charge in [-0.15, -0.1) is 0 Å². The Morgan fingerprint density at radius 3 is 2.17 bits per heavy atom. The van der Waals surface area contributed by atoms with Gasteiger partial charge < -0.3 is 19.5 Å². The van der Waals surface area contributed by atoms with E-state index in [1.54, 1.807) is 0 Å². The van der Waals surface area contributed by atoms with Crippen molar-refractivity contribution in [1.82, 2.24) is 10.2 Å². The van der Waals surface area contributed by atoms with Gasteiger partial charge in [0.1, 0.15) is 0 Å². The van der Waals surface area contributed by atoms with Gasteiger partial charge in [0.05, 0.1) is 16.6 Å². The number of hydrogen-bond acceptors (Lipinski definition) is 5. The predicted octanol–water partition coefficient (Wildman–Crippen LogP) is 2.83. The van der Waals surface area contributed by atoms with E-state index >= 15 is 0 Å². The first-order valence-electron chi connectivity index (χ1n) is 14.0. The zero-order valence-corrected chi connectivity index (χ0v) is 21.8. The Morgan fingerprint density at radius 2 is 1.54 bits per heavy atom. The van der Waals surface area contributed by atoms with Crippen molar-refractivity contribution in [2.24, 2.45) is 11.8 Å². The molecule has 7 heteroatoms. The molecule has 5 heterocycles. The van der Waals surface area contributed by atoms with E-state index in [4.69, 9.17) is 9.31 Å². The third-order valence-corrected chi connectivity index (χ3v) is 10.7. The Hall–Kier alpha value is -1.41. The number of benzene rings is 1. The smallest absolute Gasteiger partial charge is 0.399 e. The van der Waals surface area contributed by atoms with Crippen molar-refractivity contribution in [3.05, 3.63) is 23.8 Å². The molecule has 1 aromatic carbocycles. The third kappa shape index (κ3) is 3.27. The maximum absolute atomic E-state index is 14.2. The summed E-state index contributed by atoms with van der Waals surface area (Å²) in [6.45, 7) is 12.8. The van der Waals surface area contributed by atoms with Crippen LogP contribution in [-0.2, 0) is 19.5 Å². The summed E-state index contributed by atoms with van der Waals surface area (Å²) in [5, 5.41) is 3.47. The summed E-state index contributed by atoms with van der Waals surface area (Å²) in [4.78, 5) is 19.1. The highest BCUT2D eigenvalue weighted by atomic mass is 16.7. The van der Waals surface area contributed by atoms with Gasteiger partial charge in [0, 0.05) is 30.9 Å². The first-order valence-corrected chi connectivity index (χ1v) is 14.0. The van der Waals surface area contributed by atoms with Crippen LogP contribution in [0.1, 0.15) is 71.8 Å². The highest BCUT2D eigenvalue weighted by Crippen LogP contribution is 2.51. The minimum Gasteiger partial charge on any atom is -0.399 e. The number of rotatable bonds is 3. The molecule has 0 atom stereocenters. The molecule has 1 spiro atoms. The molecule has 0 aromatic heterocycles. The van der Waals surface area contributed by atoms with Crippen LogP contribution < -0.4 is 15.7 Å². The fourth-order valence-electron chi connectivity index (χ4n) is 7.71. The fourth-order valence-corrected chi connectivity index (χ4v) is 7.71. The molecule has 4 saturated heterocycles. The lowest BCUT2D eigenvalue weighted by Gasteiger charge is -2.54. The van der Waals surface area contributed by atoms with E-state index in [-0.39, 0.29) is 16.6 Å². The molecular weight excluding hydrogens is 437 g/mol. The molecule has 0 radical (unpaired) electrons. The number of fused-ring (bicyclic) bond motifs is 4. The van der Waals surface area contributed by atoms with Gasteiger partial charge in [-0.05, 0) is 108 Å². The lowest BCUT2D eigenvalue weighted by molar-refractivity contribution is -0.125. The standard InChI is InChI=1S/C28H40BN3O3/c1-26(2)27(3,4)35-29(34-26)20-5-6-23-24(13-20)32(25(33)28(23)7-9-30-10-8-28)22-14-21(15-22)31-16-18-11-19(12-18)17-31/h5-6,13,18-19,21-22,30H,7-12,14-17H2,1-4H3/t18?,19?,21-,22+. The average molecular weight is 477 g/mol. The first-order chi connectivity index (χ1) is 16.7. The van der Waals surface area contributed by atoms with Crippen LogP contribution in [0.25, 0.3) is 0 Å². The Morgan fingerprint density at radius 1 is 0.914 bits per heavy atom. The fraction of sp³-hybridized carbons (Fsp3) is 0.750. The molecule has 0 unspecified atom stereocenters. The second-order valence-electron chi connectivity index (χ2n) is 13.3. The van der Waals surface area contributed by atoms with E-state index in [9.17, 15) is 4.79 Å². The van der Waals surface area contributed by atoms with Crippen LogP contribution in [0.4, 0.5) is 5.69 Å². The number of carbonyl (C=O) groups is 1. The molecule has 1 aromatic rings. The molecular formula is C28H40BN3O3. The number of nitrogens with zero attached hydrogens (tertiary/aromatic N) is 2. The average Bonchev–Trinajstić information content (AvgIpc) is 3.14. The summed E-state index contributed by atoms with van der Waals surface area (Å²) in [6, 6.07) is 7.54. The van der Waals surface area contributed by atoms with Crippen LogP contribution in [-0.4, -0.2) is 67.4 Å². The summed E-state index contributed by atoms with van der Waals surface area (Å²) < 4.78 is 12.8. The quantitative estimate of drug-likeness (QED) is 0.679. The minimum atomic E-state index is -0.402. The van der Waals surface area contributed by atoms with Gasteiger partial charge in [-0.25, -0.2) is 0 Å². The summed E-state index contributed by atoms with van der Waals surface area (Å²) in [6.07, 6.45) is 6.89. The van der Waals surface area contributed by atoms with Crippen LogP contribution in [0.2, 0.25) is 0 Å². The van der Waals surface area contributed by atoms with E-state index in [0.29, 0.717) is 18.0 Å². The third-order valence-electron chi connectivity index (χ3n) is 10.7. The normalized spacial score (nSPS) is 36.7. The number of hydrogen-bond donors (Lipinski definition) is 1. The zero-order valence-electron chi connectivity index (χ0n) is 21.8.